The van der Waals surface area contributed by atoms with Crippen LogP contribution in [0.25, 0.3) is 6.08 Å². The molecule has 0 saturated heterocycles. The predicted molar refractivity (Wildman–Crippen MR) is 99.3 cm³/mol. The number of ether oxygens (including phenoxy) is 2. The van der Waals surface area contributed by atoms with Crippen molar-refractivity contribution in [2.24, 2.45) is 0 Å². The number of rotatable bonds is 5. The van der Waals surface area contributed by atoms with Gasteiger partial charge in [0.25, 0.3) is 0 Å². The van der Waals surface area contributed by atoms with Crippen molar-refractivity contribution < 1.29 is 18.7 Å². The van der Waals surface area contributed by atoms with E-state index in [1.165, 1.54) is 37.5 Å². The fraction of sp³-hybridized carbons (Fsp3) is 0.111. The predicted octanol–water partition coefficient (Wildman–Crippen LogP) is 3.37. The van der Waals surface area contributed by atoms with Crippen molar-refractivity contribution in [3.8, 4) is 11.5 Å². The summed E-state index contributed by atoms with van der Waals surface area (Å²) in [5.74, 6) is 0.431. The molecule has 5 nitrogen and oxygen atoms in total. The molecule has 0 fully saturated rings. The third-order valence-corrected chi connectivity index (χ3v) is 3.38. The number of halogens is 1. The van der Waals surface area contributed by atoms with Crippen molar-refractivity contribution in [3.63, 3.8) is 0 Å². The lowest BCUT2D eigenvalue weighted by molar-refractivity contribution is -0.115. The first kappa shape index (κ1) is 18.4. The second-order valence-corrected chi connectivity index (χ2v) is 5.31. The molecule has 0 aliphatic heterocycles. The van der Waals surface area contributed by atoms with Crippen LogP contribution in [0.15, 0.2) is 48.5 Å². The van der Waals surface area contributed by atoms with Gasteiger partial charge < -0.3 is 14.8 Å². The summed E-state index contributed by atoms with van der Waals surface area (Å²) in [4.78, 5) is 11.9. The molecule has 0 bridgehead atoms. The van der Waals surface area contributed by atoms with Crippen LogP contribution >= 0.6 is 12.2 Å². The Morgan fingerprint density at radius 3 is 2.40 bits per heavy atom. The van der Waals surface area contributed by atoms with Crippen LogP contribution in [0.4, 0.5) is 10.1 Å². The van der Waals surface area contributed by atoms with Gasteiger partial charge in [-0.2, -0.15) is 0 Å². The van der Waals surface area contributed by atoms with E-state index in [-0.39, 0.29) is 10.9 Å². The minimum absolute atomic E-state index is 0.119. The maximum Gasteiger partial charge on any atom is 0.250 e. The largest absolute Gasteiger partial charge is 0.493 e. The molecule has 0 aliphatic carbocycles. The molecule has 0 radical (unpaired) electrons. The molecule has 130 valence electrons. The highest BCUT2D eigenvalue weighted by atomic mass is 32.1. The lowest BCUT2D eigenvalue weighted by atomic mass is 10.2. The second kappa shape index (κ2) is 8.79. The number of carbonyl (C=O) groups is 1. The lowest BCUT2D eigenvalue weighted by Gasteiger charge is -2.08. The van der Waals surface area contributed by atoms with Crippen molar-refractivity contribution in [2.75, 3.05) is 19.5 Å². The van der Waals surface area contributed by atoms with Gasteiger partial charge in [0.05, 0.1) is 14.2 Å². The molecular weight excluding hydrogens is 343 g/mol. The van der Waals surface area contributed by atoms with Gasteiger partial charge >= 0.3 is 0 Å². The Morgan fingerprint density at radius 1 is 1.08 bits per heavy atom. The van der Waals surface area contributed by atoms with Gasteiger partial charge in [-0.3, -0.25) is 10.1 Å². The number of benzene rings is 2. The van der Waals surface area contributed by atoms with Gasteiger partial charge in [-0.15, -0.1) is 0 Å². The van der Waals surface area contributed by atoms with Crippen molar-refractivity contribution in [3.05, 3.63) is 59.9 Å². The number of hydrogen-bond donors (Lipinski definition) is 2. The van der Waals surface area contributed by atoms with Crippen LogP contribution in [-0.2, 0) is 4.79 Å². The Labute approximate surface area is 150 Å². The van der Waals surface area contributed by atoms with Gasteiger partial charge in [0.2, 0.25) is 5.91 Å². The summed E-state index contributed by atoms with van der Waals surface area (Å²) in [5, 5.41) is 5.42. The van der Waals surface area contributed by atoms with E-state index in [0.717, 1.165) is 5.56 Å². The van der Waals surface area contributed by atoms with Crippen LogP contribution in [0, 0.1) is 5.82 Å². The van der Waals surface area contributed by atoms with Crippen molar-refractivity contribution in [2.45, 2.75) is 0 Å². The van der Waals surface area contributed by atoms with Gasteiger partial charge in [-0.25, -0.2) is 4.39 Å². The monoisotopic (exact) mass is 360 g/mol. The average Bonchev–Trinajstić information content (AvgIpc) is 2.61. The van der Waals surface area contributed by atoms with Gasteiger partial charge in [0, 0.05) is 11.8 Å². The van der Waals surface area contributed by atoms with Crippen LogP contribution < -0.4 is 20.1 Å². The van der Waals surface area contributed by atoms with Gasteiger partial charge in [0.15, 0.2) is 16.6 Å². The molecule has 0 atom stereocenters. The number of carbonyl (C=O) groups excluding carboxylic acids is 1. The SMILES string of the molecule is COc1ccc(/C=C/C(=O)NC(=S)Nc2ccc(F)cc2)cc1OC. The Bertz CT molecular complexity index is 791. The van der Waals surface area contributed by atoms with E-state index < -0.39 is 5.91 Å². The number of thiocarbonyl (C=S) groups is 1. The van der Waals surface area contributed by atoms with Crippen molar-refractivity contribution in [1.29, 1.82) is 0 Å². The minimum atomic E-state index is -0.394. The molecule has 2 aromatic rings. The van der Waals surface area contributed by atoms with Gasteiger partial charge in [-0.05, 0) is 60.3 Å². The summed E-state index contributed by atoms with van der Waals surface area (Å²) in [7, 11) is 3.09. The van der Waals surface area contributed by atoms with Crippen molar-refractivity contribution in [1.82, 2.24) is 5.32 Å². The van der Waals surface area contributed by atoms with Gasteiger partial charge in [-0.1, -0.05) is 6.07 Å². The number of amides is 1. The quantitative estimate of drug-likeness (QED) is 0.632. The normalized spacial score (nSPS) is 10.4. The Morgan fingerprint density at radius 2 is 1.76 bits per heavy atom. The lowest BCUT2D eigenvalue weighted by Crippen LogP contribution is -2.32. The van der Waals surface area contributed by atoms with E-state index in [2.05, 4.69) is 10.6 Å². The zero-order valence-corrected chi connectivity index (χ0v) is 14.5. The Kier molecular flexibility index (Phi) is 6.47. The van der Waals surface area contributed by atoms with E-state index in [1.54, 1.807) is 31.4 Å². The summed E-state index contributed by atoms with van der Waals surface area (Å²) in [6, 6.07) is 10.9. The molecule has 0 aliphatic rings. The standard InChI is InChI=1S/C18H17FN2O3S/c1-23-15-9-3-12(11-16(15)24-2)4-10-17(22)21-18(25)20-14-7-5-13(19)6-8-14/h3-11H,1-2H3,(H2,20,21,22,25)/b10-4+. The maximum atomic E-state index is 12.8. The van der Waals surface area contributed by atoms with E-state index >= 15 is 0 Å². The minimum Gasteiger partial charge on any atom is -0.493 e. The fourth-order valence-electron chi connectivity index (χ4n) is 1.98. The molecule has 0 spiro atoms. The second-order valence-electron chi connectivity index (χ2n) is 4.90. The third kappa shape index (κ3) is 5.58. The van der Waals surface area contributed by atoms with E-state index in [4.69, 9.17) is 21.7 Å². The fourth-order valence-corrected chi connectivity index (χ4v) is 2.20. The van der Waals surface area contributed by atoms with Crippen molar-refractivity contribution >= 4 is 35.0 Å². The van der Waals surface area contributed by atoms with E-state index in [9.17, 15) is 9.18 Å². The number of hydrogen-bond acceptors (Lipinski definition) is 4. The number of methoxy groups -OCH3 is 2. The number of nitrogens with one attached hydrogen (secondary N) is 2. The molecule has 0 unspecified atom stereocenters. The highest BCUT2D eigenvalue weighted by Crippen LogP contribution is 2.27. The molecule has 0 saturated carbocycles. The molecule has 1 amide bonds. The molecule has 2 N–H and O–H groups in total. The van der Waals surface area contributed by atoms with Crippen LogP contribution in [0.1, 0.15) is 5.56 Å². The molecule has 25 heavy (non-hydrogen) atoms. The molecule has 2 aromatic carbocycles. The molecule has 2 rings (SSSR count). The molecular formula is C18H17FN2O3S. The highest BCUT2D eigenvalue weighted by molar-refractivity contribution is 7.80. The van der Waals surface area contributed by atoms with E-state index in [1.807, 2.05) is 0 Å². The summed E-state index contributed by atoms with van der Waals surface area (Å²) in [5.41, 5.74) is 1.35. The zero-order chi connectivity index (χ0) is 18.2. The Hall–Kier alpha value is -2.93. The van der Waals surface area contributed by atoms with Gasteiger partial charge in [0.1, 0.15) is 5.82 Å². The topological polar surface area (TPSA) is 59.6 Å². The zero-order valence-electron chi connectivity index (χ0n) is 13.7. The average molecular weight is 360 g/mol. The molecule has 7 heteroatoms. The first-order valence-corrected chi connectivity index (χ1v) is 7.70. The maximum absolute atomic E-state index is 12.8. The van der Waals surface area contributed by atoms with Crippen LogP contribution in [-0.4, -0.2) is 25.2 Å². The third-order valence-electron chi connectivity index (χ3n) is 3.17. The van der Waals surface area contributed by atoms with E-state index in [0.29, 0.717) is 17.2 Å². The number of anilines is 1. The van der Waals surface area contributed by atoms with Crippen LogP contribution in [0.2, 0.25) is 0 Å². The summed E-state index contributed by atoms with van der Waals surface area (Å²) in [6.07, 6.45) is 2.97. The van der Waals surface area contributed by atoms with Crippen LogP contribution in [0.3, 0.4) is 0 Å². The molecule has 0 heterocycles. The Balaban J connectivity index is 1.93. The highest BCUT2D eigenvalue weighted by Gasteiger charge is 2.04. The summed E-state index contributed by atoms with van der Waals surface area (Å²) >= 11 is 5.04. The smallest absolute Gasteiger partial charge is 0.250 e. The van der Waals surface area contributed by atoms with Crippen LogP contribution in [0.5, 0.6) is 11.5 Å². The summed E-state index contributed by atoms with van der Waals surface area (Å²) < 4.78 is 23.2. The summed E-state index contributed by atoms with van der Waals surface area (Å²) in [6.45, 7) is 0. The first-order chi connectivity index (χ1) is 12.0. The molecule has 0 aromatic heterocycles. The first-order valence-electron chi connectivity index (χ1n) is 7.29.